The molecule has 0 bridgehead atoms. The Balaban J connectivity index is 1.56. The molecular weight excluding hydrogens is 292 g/mol. The highest BCUT2D eigenvalue weighted by Crippen LogP contribution is 2.18. The second-order valence-electron chi connectivity index (χ2n) is 5.82. The van der Waals surface area contributed by atoms with E-state index in [4.69, 9.17) is 9.26 Å². The summed E-state index contributed by atoms with van der Waals surface area (Å²) in [4.78, 5) is 6.82. The Morgan fingerprint density at radius 3 is 2.87 bits per heavy atom. The Morgan fingerprint density at radius 2 is 2.13 bits per heavy atom. The van der Waals surface area contributed by atoms with E-state index in [1.54, 1.807) is 0 Å². The Bertz CT molecular complexity index is 611. The van der Waals surface area contributed by atoms with Gasteiger partial charge in [-0.15, -0.1) is 0 Å². The van der Waals surface area contributed by atoms with Crippen molar-refractivity contribution >= 4 is 0 Å². The summed E-state index contributed by atoms with van der Waals surface area (Å²) in [5.74, 6) is 2.39. The highest BCUT2D eigenvalue weighted by molar-refractivity contribution is 5.27. The average molecular weight is 316 g/mol. The lowest BCUT2D eigenvalue weighted by Gasteiger charge is -2.30. The first-order chi connectivity index (χ1) is 11.3. The van der Waals surface area contributed by atoms with E-state index in [-0.39, 0.29) is 6.04 Å². The number of benzene rings is 1. The van der Waals surface area contributed by atoms with Crippen molar-refractivity contribution < 1.29 is 9.26 Å². The van der Waals surface area contributed by atoms with E-state index in [1.165, 1.54) is 5.56 Å². The van der Waals surface area contributed by atoms with E-state index in [1.807, 2.05) is 19.1 Å². The minimum absolute atomic E-state index is 0.201. The quantitative estimate of drug-likeness (QED) is 0.877. The number of likely N-dealkylation sites (N-methyl/N-ethyl adjacent to an activating group) is 1. The van der Waals surface area contributed by atoms with Gasteiger partial charge in [0.15, 0.2) is 5.82 Å². The van der Waals surface area contributed by atoms with Crippen LogP contribution in [0.25, 0.3) is 0 Å². The van der Waals surface area contributed by atoms with Gasteiger partial charge in [0.2, 0.25) is 5.89 Å². The first-order valence-electron chi connectivity index (χ1n) is 8.21. The summed E-state index contributed by atoms with van der Waals surface area (Å²) in [7, 11) is 2.10. The number of piperazine rings is 1. The molecule has 23 heavy (non-hydrogen) atoms. The molecule has 2 aromatic rings. The summed E-state index contributed by atoms with van der Waals surface area (Å²) in [6.45, 7) is 5.56. The molecule has 0 amide bonds. The van der Waals surface area contributed by atoms with Gasteiger partial charge in [-0.3, -0.25) is 4.90 Å². The summed E-state index contributed by atoms with van der Waals surface area (Å²) in [6.07, 6.45) is 1.64. The first-order valence-corrected chi connectivity index (χ1v) is 8.21. The predicted octanol–water partition coefficient (Wildman–Crippen LogP) is 1.83. The van der Waals surface area contributed by atoms with E-state index < -0.39 is 0 Å². The molecule has 6 heteroatoms. The fraction of sp³-hybridized carbons (Fsp3) is 0.529. The molecule has 1 aromatic carbocycles. The van der Waals surface area contributed by atoms with Crippen LogP contribution in [-0.4, -0.2) is 48.3 Å². The van der Waals surface area contributed by atoms with E-state index in [0.717, 1.165) is 44.0 Å². The highest BCUT2D eigenvalue weighted by atomic mass is 16.5. The highest BCUT2D eigenvalue weighted by Gasteiger charge is 2.25. The van der Waals surface area contributed by atoms with Gasteiger partial charge >= 0.3 is 0 Å². The second-order valence-corrected chi connectivity index (χ2v) is 5.82. The molecule has 1 saturated heterocycles. The largest absolute Gasteiger partial charge is 0.494 e. The van der Waals surface area contributed by atoms with E-state index in [2.05, 4.69) is 39.5 Å². The number of aryl methyl sites for hydroxylation is 2. The third-order valence-electron chi connectivity index (χ3n) is 4.15. The van der Waals surface area contributed by atoms with Crippen LogP contribution in [0.2, 0.25) is 0 Å². The number of hydrogen-bond acceptors (Lipinski definition) is 6. The zero-order valence-electron chi connectivity index (χ0n) is 13.8. The molecule has 3 rings (SSSR count). The number of nitrogens with zero attached hydrogens (tertiary/aromatic N) is 3. The summed E-state index contributed by atoms with van der Waals surface area (Å²) in [5.41, 5.74) is 1.24. The number of nitrogens with one attached hydrogen (secondary N) is 1. The van der Waals surface area contributed by atoms with Crippen LogP contribution in [0.4, 0.5) is 0 Å². The molecular formula is C17H24N4O2. The van der Waals surface area contributed by atoms with Crippen LogP contribution in [0.3, 0.4) is 0 Å². The molecule has 0 aliphatic carbocycles. The predicted molar refractivity (Wildman–Crippen MR) is 87.6 cm³/mol. The lowest BCUT2D eigenvalue weighted by molar-refractivity contribution is 0.190. The van der Waals surface area contributed by atoms with Gasteiger partial charge in [0.1, 0.15) is 5.75 Å². The molecule has 1 atom stereocenters. The third-order valence-corrected chi connectivity index (χ3v) is 4.15. The summed E-state index contributed by atoms with van der Waals surface area (Å²) < 4.78 is 10.9. The van der Waals surface area contributed by atoms with Crippen LogP contribution >= 0.6 is 0 Å². The normalized spacial score (nSPS) is 19.0. The second kappa shape index (κ2) is 7.57. The van der Waals surface area contributed by atoms with Gasteiger partial charge < -0.3 is 14.6 Å². The summed E-state index contributed by atoms with van der Waals surface area (Å²) in [6, 6.07) is 8.37. The summed E-state index contributed by atoms with van der Waals surface area (Å²) in [5, 5.41) is 7.52. The minimum atomic E-state index is 0.201. The van der Waals surface area contributed by atoms with Crippen molar-refractivity contribution in [3.05, 3.63) is 41.5 Å². The molecule has 1 N–H and O–H groups in total. The van der Waals surface area contributed by atoms with Crippen molar-refractivity contribution in [2.75, 3.05) is 33.3 Å². The average Bonchev–Trinajstić information content (AvgIpc) is 3.04. The number of hydrogen-bond donors (Lipinski definition) is 1. The number of rotatable bonds is 6. The fourth-order valence-electron chi connectivity index (χ4n) is 2.77. The molecule has 1 aliphatic rings. The molecule has 124 valence electrons. The van der Waals surface area contributed by atoms with Crippen molar-refractivity contribution in [3.8, 4) is 5.75 Å². The van der Waals surface area contributed by atoms with Gasteiger partial charge in [0, 0.05) is 26.1 Å². The Kier molecular flexibility index (Phi) is 5.25. The zero-order valence-corrected chi connectivity index (χ0v) is 13.8. The van der Waals surface area contributed by atoms with Crippen molar-refractivity contribution in [2.24, 2.45) is 0 Å². The molecule has 1 aromatic heterocycles. The lowest BCUT2D eigenvalue weighted by Crippen LogP contribution is -2.44. The van der Waals surface area contributed by atoms with Crippen molar-refractivity contribution in [3.63, 3.8) is 0 Å². The topological polar surface area (TPSA) is 63.4 Å². The van der Waals surface area contributed by atoms with Crippen LogP contribution in [-0.2, 0) is 12.8 Å². The smallest absolute Gasteiger partial charge is 0.227 e. The maximum absolute atomic E-state index is 5.45. The van der Waals surface area contributed by atoms with E-state index in [9.17, 15) is 0 Å². The SMILES string of the molecule is CCOc1ccc(CCc2nc(C3CNCCN3C)no2)cc1. The van der Waals surface area contributed by atoms with Crippen molar-refractivity contribution in [2.45, 2.75) is 25.8 Å². The molecule has 1 fully saturated rings. The summed E-state index contributed by atoms with van der Waals surface area (Å²) >= 11 is 0. The van der Waals surface area contributed by atoms with Crippen LogP contribution < -0.4 is 10.1 Å². The van der Waals surface area contributed by atoms with Crippen LogP contribution in [0.5, 0.6) is 5.75 Å². The van der Waals surface area contributed by atoms with E-state index >= 15 is 0 Å². The van der Waals surface area contributed by atoms with Gasteiger partial charge in [0.25, 0.3) is 0 Å². The van der Waals surface area contributed by atoms with Crippen LogP contribution in [0.1, 0.15) is 30.2 Å². The van der Waals surface area contributed by atoms with Crippen LogP contribution in [0, 0.1) is 0 Å². The standard InChI is InChI=1S/C17H24N4O2/c1-3-22-14-7-4-13(5-8-14)6-9-16-19-17(20-23-16)15-12-18-10-11-21(15)2/h4-5,7-8,15,18H,3,6,9-12H2,1-2H3. The fourth-order valence-corrected chi connectivity index (χ4v) is 2.77. The monoisotopic (exact) mass is 316 g/mol. The first kappa shape index (κ1) is 16.0. The van der Waals surface area contributed by atoms with Gasteiger partial charge in [-0.05, 0) is 38.1 Å². The minimum Gasteiger partial charge on any atom is -0.494 e. The lowest BCUT2D eigenvalue weighted by atomic mass is 10.1. The zero-order chi connectivity index (χ0) is 16.1. The van der Waals surface area contributed by atoms with Crippen molar-refractivity contribution in [1.29, 1.82) is 0 Å². The van der Waals surface area contributed by atoms with E-state index in [0.29, 0.717) is 12.5 Å². The van der Waals surface area contributed by atoms with Gasteiger partial charge in [0.05, 0.1) is 12.6 Å². The molecule has 2 heterocycles. The van der Waals surface area contributed by atoms with Gasteiger partial charge in [-0.2, -0.15) is 4.98 Å². The molecule has 0 spiro atoms. The van der Waals surface area contributed by atoms with Crippen LogP contribution in [0.15, 0.2) is 28.8 Å². The molecule has 0 radical (unpaired) electrons. The number of ether oxygens (including phenoxy) is 1. The number of aromatic nitrogens is 2. The third kappa shape index (κ3) is 4.09. The molecule has 6 nitrogen and oxygen atoms in total. The molecule has 1 aliphatic heterocycles. The van der Waals surface area contributed by atoms with Gasteiger partial charge in [-0.25, -0.2) is 0 Å². The Hall–Kier alpha value is -1.92. The van der Waals surface area contributed by atoms with Gasteiger partial charge in [-0.1, -0.05) is 17.3 Å². The Labute approximate surface area is 136 Å². The maximum atomic E-state index is 5.45. The molecule has 0 saturated carbocycles. The maximum Gasteiger partial charge on any atom is 0.227 e. The Morgan fingerprint density at radius 1 is 1.30 bits per heavy atom. The van der Waals surface area contributed by atoms with Crippen molar-refractivity contribution in [1.82, 2.24) is 20.4 Å². The molecule has 1 unspecified atom stereocenters.